The Balaban J connectivity index is 2.02. The monoisotopic (exact) mass is 328 g/mol. The van der Waals surface area contributed by atoms with Crippen LogP contribution in [-0.2, 0) is 0 Å². The van der Waals surface area contributed by atoms with Crippen molar-refractivity contribution >= 4 is 22.7 Å². The molecule has 24 heavy (non-hydrogen) atoms. The maximum absolute atomic E-state index is 11.3. The highest BCUT2D eigenvalue weighted by molar-refractivity contribution is 5.84. The Morgan fingerprint density at radius 2 is 2.17 bits per heavy atom. The van der Waals surface area contributed by atoms with Crippen LogP contribution in [0.2, 0.25) is 0 Å². The molecule has 0 unspecified atom stereocenters. The molecule has 9 heteroatoms. The summed E-state index contributed by atoms with van der Waals surface area (Å²) >= 11 is 0. The van der Waals surface area contributed by atoms with E-state index in [9.17, 15) is 10.1 Å². The predicted molar refractivity (Wildman–Crippen MR) is 88.5 cm³/mol. The molecule has 2 aromatic heterocycles. The summed E-state index contributed by atoms with van der Waals surface area (Å²) in [5.74, 6) is 1.17. The van der Waals surface area contributed by atoms with Crippen molar-refractivity contribution in [2.45, 2.75) is 13.8 Å². The van der Waals surface area contributed by atoms with E-state index in [0.717, 1.165) is 0 Å². The van der Waals surface area contributed by atoms with Crippen LogP contribution < -0.4 is 10.5 Å². The lowest BCUT2D eigenvalue weighted by molar-refractivity contribution is -0.385. The summed E-state index contributed by atoms with van der Waals surface area (Å²) < 4.78 is 5.51. The first-order valence-corrected chi connectivity index (χ1v) is 7.33. The van der Waals surface area contributed by atoms with Gasteiger partial charge in [-0.05, 0) is 18.1 Å². The van der Waals surface area contributed by atoms with Gasteiger partial charge >= 0.3 is 5.69 Å². The van der Waals surface area contributed by atoms with E-state index >= 15 is 0 Å². The van der Waals surface area contributed by atoms with E-state index in [1.54, 1.807) is 12.1 Å². The first-order valence-electron chi connectivity index (χ1n) is 7.33. The number of imidazole rings is 1. The molecule has 0 saturated carbocycles. The Kier molecular flexibility index (Phi) is 3.98. The highest BCUT2D eigenvalue weighted by atomic mass is 16.6. The molecule has 9 nitrogen and oxygen atoms in total. The molecule has 0 atom stereocenters. The number of ether oxygens (including phenoxy) is 1. The Morgan fingerprint density at radius 1 is 1.38 bits per heavy atom. The zero-order valence-electron chi connectivity index (χ0n) is 13.2. The van der Waals surface area contributed by atoms with Gasteiger partial charge in [-0.25, -0.2) is 15.0 Å². The van der Waals surface area contributed by atoms with E-state index in [4.69, 9.17) is 10.5 Å². The Hall–Kier alpha value is -3.23. The lowest BCUT2D eigenvalue weighted by Crippen LogP contribution is -2.06. The van der Waals surface area contributed by atoms with Gasteiger partial charge in [0.25, 0.3) is 0 Å². The molecule has 0 fully saturated rings. The minimum absolute atomic E-state index is 0.118. The second kappa shape index (κ2) is 6.11. The minimum atomic E-state index is -0.476. The normalized spacial score (nSPS) is 11.1. The van der Waals surface area contributed by atoms with Gasteiger partial charge in [0.2, 0.25) is 0 Å². The van der Waals surface area contributed by atoms with Crippen LogP contribution in [0.3, 0.4) is 0 Å². The fourth-order valence-corrected chi connectivity index (χ4v) is 2.17. The second-order valence-corrected chi connectivity index (χ2v) is 5.69. The van der Waals surface area contributed by atoms with Gasteiger partial charge in [0, 0.05) is 11.6 Å². The molecule has 0 spiro atoms. The number of hydrogen-bond donors (Lipinski definition) is 2. The number of nitrogens with one attached hydrogen (secondary N) is 1. The number of nitrogen functional groups attached to an aromatic ring is 1. The van der Waals surface area contributed by atoms with E-state index in [-0.39, 0.29) is 23.2 Å². The van der Waals surface area contributed by atoms with Crippen molar-refractivity contribution < 1.29 is 9.66 Å². The second-order valence-electron chi connectivity index (χ2n) is 5.69. The van der Waals surface area contributed by atoms with Crippen molar-refractivity contribution in [1.29, 1.82) is 0 Å². The third kappa shape index (κ3) is 2.96. The zero-order valence-corrected chi connectivity index (χ0v) is 13.2. The van der Waals surface area contributed by atoms with Crippen LogP contribution in [0, 0.1) is 16.0 Å². The molecule has 0 aliphatic rings. The first kappa shape index (κ1) is 15.7. The molecule has 3 aromatic rings. The van der Waals surface area contributed by atoms with Gasteiger partial charge in [-0.15, -0.1) is 0 Å². The van der Waals surface area contributed by atoms with Gasteiger partial charge in [-0.1, -0.05) is 13.8 Å². The number of H-pyrrole nitrogens is 1. The third-order valence-corrected chi connectivity index (χ3v) is 3.31. The molecule has 0 radical (unpaired) electrons. The Morgan fingerprint density at radius 3 is 2.83 bits per heavy atom. The topological polar surface area (TPSA) is 133 Å². The Bertz CT molecular complexity index is 905. The molecule has 2 heterocycles. The zero-order chi connectivity index (χ0) is 17.3. The van der Waals surface area contributed by atoms with Gasteiger partial charge < -0.3 is 15.5 Å². The van der Waals surface area contributed by atoms with Gasteiger partial charge in [-0.2, -0.15) is 0 Å². The molecule has 0 aliphatic carbocycles. The van der Waals surface area contributed by atoms with Crippen LogP contribution in [0.5, 0.6) is 5.75 Å². The highest BCUT2D eigenvalue weighted by Crippen LogP contribution is 2.32. The quantitative estimate of drug-likeness (QED) is 0.543. The molecule has 0 saturated heterocycles. The van der Waals surface area contributed by atoms with Gasteiger partial charge in [0.05, 0.1) is 11.5 Å². The standard InChI is InChI=1S/C15H16N6O3/c1-8(2)6-24-11-4-3-9(5-10(11)21(22)23)14-19-12-13(16)17-7-18-15(12)20-14/h3-5,7-8H,6H2,1-2H3,(H3,16,17,18,19,20). The average Bonchev–Trinajstić information content (AvgIpc) is 2.98. The number of aromatic nitrogens is 4. The molecular weight excluding hydrogens is 312 g/mol. The lowest BCUT2D eigenvalue weighted by atomic mass is 10.1. The number of anilines is 1. The van der Waals surface area contributed by atoms with Crippen LogP contribution >= 0.6 is 0 Å². The number of fused-ring (bicyclic) bond motifs is 1. The number of nitro benzene ring substituents is 1. The summed E-state index contributed by atoms with van der Waals surface area (Å²) in [7, 11) is 0. The van der Waals surface area contributed by atoms with Crippen molar-refractivity contribution in [2.75, 3.05) is 12.3 Å². The van der Waals surface area contributed by atoms with Crippen molar-refractivity contribution in [3.63, 3.8) is 0 Å². The lowest BCUT2D eigenvalue weighted by Gasteiger charge is -2.09. The van der Waals surface area contributed by atoms with Gasteiger partial charge in [0.1, 0.15) is 12.2 Å². The summed E-state index contributed by atoms with van der Waals surface area (Å²) in [4.78, 5) is 26.1. The Labute approximate surface area is 137 Å². The summed E-state index contributed by atoms with van der Waals surface area (Å²) in [5, 5.41) is 11.3. The van der Waals surface area contributed by atoms with Crippen molar-refractivity contribution in [3.8, 4) is 17.1 Å². The number of nitrogens with zero attached hydrogens (tertiary/aromatic N) is 4. The summed E-state index contributed by atoms with van der Waals surface area (Å²) in [6.45, 7) is 4.34. The van der Waals surface area contributed by atoms with E-state index < -0.39 is 4.92 Å². The van der Waals surface area contributed by atoms with Crippen molar-refractivity contribution in [3.05, 3.63) is 34.6 Å². The third-order valence-electron chi connectivity index (χ3n) is 3.31. The van der Waals surface area contributed by atoms with E-state index in [1.165, 1.54) is 12.4 Å². The number of nitrogens with two attached hydrogens (primary N) is 1. The first-order chi connectivity index (χ1) is 11.5. The number of nitro groups is 1. The van der Waals surface area contributed by atoms with E-state index in [0.29, 0.717) is 29.2 Å². The molecule has 0 amide bonds. The SMILES string of the molecule is CC(C)COc1ccc(-c2nc3c(N)ncnc3[nH]2)cc1[N+](=O)[O-]. The molecule has 3 rings (SSSR count). The van der Waals surface area contributed by atoms with E-state index in [2.05, 4.69) is 19.9 Å². The van der Waals surface area contributed by atoms with Crippen LogP contribution in [0.15, 0.2) is 24.5 Å². The number of aromatic amines is 1. The van der Waals surface area contributed by atoms with Crippen LogP contribution in [0.4, 0.5) is 11.5 Å². The maximum Gasteiger partial charge on any atom is 0.311 e. The number of hydrogen-bond acceptors (Lipinski definition) is 7. The molecule has 124 valence electrons. The molecule has 0 bridgehead atoms. The summed E-state index contributed by atoms with van der Waals surface area (Å²) in [6, 6.07) is 4.68. The molecule has 0 aliphatic heterocycles. The fraction of sp³-hybridized carbons (Fsp3) is 0.267. The minimum Gasteiger partial charge on any atom is -0.487 e. The predicted octanol–water partition coefficient (Wildman–Crippen LogP) is 2.55. The van der Waals surface area contributed by atoms with Crippen LogP contribution in [-0.4, -0.2) is 31.5 Å². The smallest absolute Gasteiger partial charge is 0.311 e. The van der Waals surface area contributed by atoms with Gasteiger partial charge in [-0.3, -0.25) is 10.1 Å². The number of rotatable bonds is 5. The molecule has 1 aromatic carbocycles. The fourth-order valence-electron chi connectivity index (χ4n) is 2.17. The summed E-state index contributed by atoms with van der Waals surface area (Å²) in [6.07, 6.45) is 1.32. The largest absolute Gasteiger partial charge is 0.487 e. The number of benzene rings is 1. The van der Waals surface area contributed by atoms with Crippen LogP contribution in [0.25, 0.3) is 22.6 Å². The van der Waals surface area contributed by atoms with Gasteiger partial charge in [0.15, 0.2) is 22.7 Å². The van der Waals surface area contributed by atoms with Crippen molar-refractivity contribution in [2.24, 2.45) is 5.92 Å². The van der Waals surface area contributed by atoms with Crippen LogP contribution in [0.1, 0.15) is 13.8 Å². The summed E-state index contributed by atoms with van der Waals surface area (Å²) in [5.41, 5.74) is 7.07. The molecular formula is C15H16N6O3. The average molecular weight is 328 g/mol. The van der Waals surface area contributed by atoms with E-state index in [1.807, 2.05) is 13.8 Å². The molecule has 3 N–H and O–H groups in total. The highest BCUT2D eigenvalue weighted by Gasteiger charge is 2.19. The van der Waals surface area contributed by atoms with Crippen molar-refractivity contribution in [1.82, 2.24) is 19.9 Å². The maximum atomic E-state index is 11.3.